The van der Waals surface area contributed by atoms with Gasteiger partial charge in [-0.1, -0.05) is 11.6 Å². The third-order valence-electron chi connectivity index (χ3n) is 2.92. The summed E-state index contributed by atoms with van der Waals surface area (Å²) in [5.74, 6) is -1.04. The Hall–Kier alpha value is -2.60. The van der Waals surface area contributed by atoms with Crippen molar-refractivity contribution < 1.29 is 18.7 Å². The predicted molar refractivity (Wildman–Crippen MR) is 83.7 cm³/mol. The second-order valence-corrected chi connectivity index (χ2v) is 5.12. The lowest BCUT2D eigenvalue weighted by molar-refractivity contribution is -0.123. The molecule has 2 aromatic carbocycles. The molecular formula is C16H14ClFN2O3. The number of benzene rings is 2. The Balaban J connectivity index is 1.79. The zero-order valence-electron chi connectivity index (χ0n) is 12.2. The number of aryl methyl sites for hydroxylation is 1. The zero-order chi connectivity index (χ0) is 16.8. The van der Waals surface area contributed by atoms with Gasteiger partial charge in [0.2, 0.25) is 0 Å². The fourth-order valence-electron chi connectivity index (χ4n) is 1.69. The van der Waals surface area contributed by atoms with E-state index >= 15 is 0 Å². The predicted octanol–water partition coefficient (Wildman–Crippen LogP) is 2.63. The molecule has 0 aliphatic heterocycles. The van der Waals surface area contributed by atoms with Crippen molar-refractivity contribution in [2.24, 2.45) is 0 Å². The molecular weight excluding hydrogens is 323 g/mol. The van der Waals surface area contributed by atoms with Gasteiger partial charge in [0.15, 0.2) is 6.61 Å². The first-order valence-corrected chi connectivity index (χ1v) is 7.07. The quantitative estimate of drug-likeness (QED) is 0.843. The normalized spacial score (nSPS) is 10.0. The maximum absolute atomic E-state index is 12.8. The van der Waals surface area contributed by atoms with Crippen LogP contribution in [0.4, 0.5) is 4.39 Å². The molecule has 5 nitrogen and oxygen atoms in total. The SMILES string of the molecule is Cc1cc(OCC(=O)NNC(=O)c2ccc(F)cc2)ccc1Cl. The van der Waals surface area contributed by atoms with E-state index in [9.17, 15) is 14.0 Å². The van der Waals surface area contributed by atoms with Gasteiger partial charge in [0, 0.05) is 10.6 Å². The summed E-state index contributed by atoms with van der Waals surface area (Å²) in [7, 11) is 0. The van der Waals surface area contributed by atoms with Crippen molar-refractivity contribution in [2.45, 2.75) is 6.92 Å². The molecule has 0 saturated heterocycles. The highest BCUT2D eigenvalue weighted by Crippen LogP contribution is 2.20. The van der Waals surface area contributed by atoms with Crippen LogP contribution in [0.5, 0.6) is 5.75 Å². The standard InChI is InChI=1S/C16H14ClFN2O3/c1-10-8-13(6-7-14(10)17)23-9-15(21)19-20-16(22)11-2-4-12(18)5-3-11/h2-8H,9H2,1H3,(H,19,21)(H,20,22). The first-order chi connectivity index (χ1) is 11.0. The van der Waals surface area contributed by atoms with Gasteiger partial charge in [0.05, 0.1) is 0 Å². The Morgan fingerprint density at radius 1 is 1.13 bits per heavy atom. The Kier molecular flexibility index (Phi) is 5.54. The highest BCUT2D eigenvalue weighted by molar-refractivity contribution is 6.31. The lowest BCUT2D eigenvalue weighted by Gasteiger charge is -2.09. The molecule has 0 unspecified atom stereocenters. The van der Waals surface area contributed by atoms with Gasteiger partial charge < -0.3 is 4.74 Å². The van der Waals surface area contributed by atoms with E-state index in [2.05, 4.69) is 10.9 Å². The van der Waals surface area contributed by atoms with Crippen LogP contribution in [-0.4, -0.2) is 18.4 Å². The Morgan fingerprint density at radius 3 is 2.48 bits per heavy atom. The fraction of sp³-hybridized carbons (Fsp3) is 0.125. The molecule has 2 amide bonds. The Labute approximate surface area is 137 Å². The number of hydrogen-bond acceptors (Lipinski definition) is 3. The minimum Gasteiger partial charge on any atom is -0.484 e. The number of rotatable bonds is 4. The van der Waals surface area contributed by atoms with Crippen LogP contribution < -0.4 is 15.6 Å². The van der Waals surface area contributed by atoms with E-state index in [1.165, 1.54) is 12.1 Å². The topological polar surface area (TPSA) is 67.4 Å². The first kappa shape index (κ1) is 16.8. The van der Waals surface area contributed by atoms with E-state index in [1.807, 2.05) is 6.92 Å². The highest BCUT2D eigenvalue weighted by atomic mass is 35.5. The van der Waals surface area contributed by atoms with E-state index in [0.29, 0.717) is 10.8 Å². The van der Waals surface area contributed by atoms with E-state index in [1.54, 1.807) is 18.2 Å². The number of carbonyl (C=O) groups excluding carboxylic acids is 2. The van der Waals surface area contributed by atoms with Gasteiger partial charge in [-0.3, -0.25) is 20.4 Å². The van der Waals surface area contributed by atoms with Gasteiger partial charge in [0.25, 0.3) is 11.8 Å². The number of hydrazine groups is 1. The molecule has 2 rings (SSSR count). The molecule has 7 heteroatoms. The number of ether oxygens (including phenoxy) is 1. The molecule has 120 valence electrons. The van der Waals surface area contributed by atoms with Crippen LogP contribution >= 0.6 is 11.6 Å². The van der Waals surface area contributed by atoms with Crippen molar-refractivity contribution in [3.63, 3.8) is 0 Å². The summed E-state index contributed by atoms with van der Waals surface area (Å²) in [6, 6.07) is 9.94. The third kappa shape index (κ3) is 4.96. The smallest absolute Gasteiger partial charge is 0.276 e. The number of halogens is 2. The molecule has 2 aromatic rings. The molecule has 0 aromatic heterocycles. The van der Waals surface area contributed by atoms with Crippen molar-refractivity contribution in [3.8, 4) is 5.75 Å². The molecule has 0 radical (unpaired) electrons. The van der Waals surface area contributed by atoms with Crippen molar-refractivity contribution in [1.82, 2.24) is 10.9 Å². The van der Waals surface area contributed by atoms with Crippen molar-refractivity contribution in [3.05, 3.63) is 64.4 Å². The number of carbonyl (C=O) groups is 2. The number of hydrogen-bond donors (Lipinski definition) is 2. The molecule has 0 aliphatic rings. The largest absolute Gasteiger partial charge is 0.484 e. The zero-order valence-corrected chi connectivity index (χ0v) is 13.0. The summed E-state index contributed by atoms with van der Waals surface area (Å²) in [5, 5.41) is 0.605. The summed E-state index contributed by atoms with van der Waals surface area (Å²) >= 11 is 5.89. The molecule has 0 spiro atoms. The molecule has 0 atom stereocenters. The summed E-state index contributed by atoms with van der Waals surface area (Å²) in [6.07, 6.45) is 0. The molecule has 0 aliphatic carbocycles. The van der Waals surface area contributed by atoms with E-state index in [0.717, 1.165) is 17.7 Å². The van der Waals surface area contributed by atoms with Crippen LogP contribution in [-0.2, 0) is 4.79 Å². The molecule has 0 heterocycles. The highest BCUT2D eigenvalue weighted by Gasteiger charge is 2.08. The fourth-order valence-corrected chi connectivity index (χ4v) is 1.81. The third-order valence-corrected chi connectivity index (χ3v) is 3.35. The van der Waals surface area contributed by atoms with Crippen LogP contribution in [0, 0.1) is 12.7 Å². The second-order valence-electron chi connectivity index (χ2n) is 4.71. The number of nitrogens with one attached hydrogen (secondary N) is 2. The van der Waals surface area contributed by atoms with Gasteiger partial charge in [-0.15, -0.1) is 0 Å². The van der Waals surface area contributed by atoms with Crippen LogP contribution in [0.25, 0.3) is 0 Å². The minimum absolute atomic E-state index is 0.223. The van der Waals surface area contributed by atoms with Crippen molar-refractivity contribution >= 4 is 23.4 Å². The van der Waals surface area contributed by atoms with E-state index in [4.69, 9.17) is 16.3 Å². The maximum Gasteiger partial charge on any atom is 0.276 e. The average Bonchev–Trinajstić information content (AvgIpc) is 2.54. The average molecular weight is 337 g/mol. The van der Waals surface area contributed by atoms with Crippen LogP contribution in [0.3, 0.4) is 0 Å². The summed E-state index contributed by atoms with van der Waals surface area (Å²) in [6.45, 7) is 1.54. The summed E-state index contributed by atoms with van der Waals surface area (Å²) < 4.78 is 18.0. The summed E-state index contributed by atoms with van der Waals surface area (Å²) in [4.78, 5) is 23.3. The maximum atomic E-state index is 12.8. The lowest BCUT2D eigenvalue weighted by Crippen LogP contribution is -2.43. The van der Waals surface area contributed by atoms with Gasteiger partial charge in [-0.25, -0.2) is 4.39 Å². The van der Waals surface area contributed by atoms with Gasteiger partial charge in [-0.2, -0.15) is 0 Å². The Bertz CT molecular complexity index is 720. The van der Waals surface area contributed by atoms with Gasteiger partial charge in [-0.05, 0) is 55.0 Å². The molecule has 0 fully saturated rings. The second kappa shape index (κ2) is 7.60. The Morgan fingerprint density at radius 2 is 1.83 bits per heavy atom. The molecule has 2 N–H and O–H groups in total. The molecule has 23 heavy (non-hydrogen) atoms. The van der Waals surface area contributed by atoms with Crippen LogP contribution in [0.15, 0.2) is 42.5 Å². The lowest BCUT2D eigenvalue weighted by atomic mass is 10.2. The van der Waals surface area contributed by atoms with E-state index < -0.39 is 17.6 Å². The van der Waals surface area contributed by atoms with Crippen molar-refractivity contribution in [2.75, 3.05) is 6.61 Å². The molecule has 0 saturated carbocycles. The summed E-state index contributed by atoms with van der Waals surface area (Å²) in [5.41, 5.74) is 5.47. The van der Waals surface area contributed by atoms with Crippen LogP contribution in [0.2, 0.25) is 5.02 Å². The van der Waals surface area contributed by atoms with Gasteiger partial charge in [0.1, 0.15) is 11.6 Å². The minimum atomic E-state index is -0.555. The van der Waals surface area contributed by atoms with Crippen LogP contribution in [0.1, 0.15) is 15.9 Å². The van der Waals surface area contributed by atoms with E-state index in [-0.39, 0.29) is 12.2 Å². The number of amides is 2. The first-order valence-electron chi connectivity index (χ1n) is 6.69. The molecule has 0 bridgehead atoms. The van der Waals surface area contributed by atoms with Gasteiger partial charge >= 0.3 is 0 Å². The monoisotopic (exact) mass is 336 g/mol. The van der Waals surface area contributed by atoms with Crippen molar-refractivity contribution in [1.29, 1.82) is 0 Å².